The third-order valence-corrected chi connectivity index (χ3v) is 3.11. The Kier molecular flexibility index (Phi) is 4.31. The summed E-state index contributed by atoms with van der Waals surface area (Å²) in [6.45, 7) is 8.79. The number of hydrogen-bond donors (Lipinski definition) is 2. The molecule has 0 radical (unpaired) electrons. The lowest BCUT2D eigenvalue weighted by atomic mass is 9.85. The molecule has 0 fully saturated rings. The average molecular weight is 235 g/mol. The topological polar surface area (TPSA) is 41.3 Å². The fourth-order valence-electron chi connectivity index (χ4n) is 1.92. The van der Waals surface area contributed by atoms with Crippen LogP contribution in [0.3, 0.4) is 0 Å². The molecule has 1 aromatic rings. The van der Waals surface area contributed by atoms with Crippen LogP contribution in [-0.4, -0.2) is 19.0 Å². The Labute approximate surface area is 105 Å². The van der Waals surface area contributed by atoms with E-state index in [1.54, 1.807) is 0 Å². The van der Waals surface area contributed by atoms with Gasteiger partial charge in [0.05, 0.1) is 6.17 Å². The van der Waals surface area contributed by atoms with Gasteiger partial charge < -0.3 is 0 Å². The molecule has 1 aromatic carbocycles. The Morgan fingerprint density at radius 2 is 1.82 bits per heavy atom. The van der Waals surface area contributed by atoms with E-state index >= 15 is 0 Å². The highest BCUT2D eigenvalue weighted by atomic mass is 15.4. The van der Waals surface area contributed by atoms with Crippen LogP contribution in [0.1, 0.15) is 43.6 Å². The molecule has 0 saturated carbocycles. The van der Waals surface area contributed by atoms with Gasteiger partial charge in [0.15, 0.2) is 0 Å². The summed E-state index contributed by atoms with van der Waals surface area (Å²) < 4.78 is 0. The summed E-state index contributed by atoms with van der Waals surface area (Å²) in [5.74, 6) is 5.64. The number of hydrazine groups is 1. The van der Waals surface area contributed by atoms with E-state index in [1.165, 1.54) is 16.7 Å². The van der Waals surface area contributed by atoms with Crippen LogP contribution in [0, 0.1) is 6.92 Å². The van der Waals surface area contributed by atoms with Gasteiger partial charge in [0.1, 0.15) is 0 Å². The minimum atomic E-state index is 0.0531. The quantitative estimate of drug-likeness (QED) is 0.480. The minimum Gasteiger partial charge on any atom is -0.289 e. The lowest BCUT2D eigenvalue weighted by Gasteiger charge is -2.28. The second-order valence-electron chi connectivity index (χ2n) is 5.85. The SMILES string of the molecule is Cc1ccc(C(C)(C)C)cc1C(NN)N(C)C. The second-order valence-corrected chi connectivity index (χ2v) is 5.85. The number of nitrogens with two attached hydrogens (primary N) is 1. The van der Waals surface area contributed by atoms with Crippen LogP contribution in [0.15, 0.2) is 18.2 Å². The van der Waals surface area contributed by atoms with Crippen molar-refractivity contribution in [3.05, 3.63) is 34.9 Å². The highest BCUT2D eigenvalue weighted by Gasteiger charge is 2.19. The Morgan fingerprint density at radius 3 is 2.24 bits per heavy atom. The lowest BCUT2D eigenvalue weighted by molar-refractivity contribution is 0.252. The van der Waals surface area contributed by atoms with Crippen LogP contribution < -0.4 is 11.3 Å². The smallest absolute Gasteiger partial charge is 0.0983 e. The largest absolute Gasteiger partial charge is 0.289 e. The first-order chi connectivity index (χ1) is 7.77. The second kappa shape index (κ2) is 5.17. The van der Waals surface area contributed by atoms with Gasteiger partial charge >= 0.3 is 0 Å². The van der Waals surface area contributed by atoms with E-state index in [0.717, 1.165) is 0 Å². The highest BCUT2D eigenvalue weighted by Crippen LogP contribution is 2.27. The highest BCUT2D eigenvalue weighted by molar-refractivity contribution is 5.36. The van der Waals surface area contributed by atoms with Crippen LogP contribution in [0.5, 0.6) is 0 Å². The molecule has 0 amide bonds. The summed E-state index contributed by atoms with van der Waals surface area (Å²) >= 11 is 0. The molecule has 1 rings (SSSR count). The van der Waals surface area contributed by atoms with Gasteiger partial charge in [-0.05, 0) is 43.1 Å². The lowest BCUT2D eigenvalue weighted by Crippen LogP contribution is -2.38. The molecule has 0 spiro atoms. The van der Waals surface area contributed by atoms with Crippen molar-refractivity contribution in [3.8, 4) is 0 Å². The number of benzene rings is 1. The minimum absolute atomic E-state index is 0.0531. The molecule has 96 valence electrons. The molecule has 17 heavy (non-hydrogen) atoms. The monoisotopic (exact) mass is 235 g/mol. The van der Waals surface area contributed by atoms with E-state index in [4.69, 9.17) is 5.84 Å². The molecule has 0 saturated heterocycles. The van der Waals surface area contributed by atoms with Crippen molar-refractivity contribution in [2.45, 2.75) is 39.3 Å². The number of rotatable bonds is 3. The van der Waals surface area contributed by atoms with Crippen LogP contribution in [0.25, 0.3) is 0 Å². The average Bonchev–Trinajstić information content (AvgIpc) is 2.19. The summed E-state index contributed by atoms with van der Waals surface area (Å²) in [6.07, 6.45) is 0.0531. The van der Waals surface area contributed by atoms with Crippen LogP contribution in [0.2, 0.25) is 0 Å². The summed E-state index contributed by atoms with van der Waals surface area (Å²) in [7, 11) is 4.04. The van der Waals surface area contributed by atoms with Gasteiger partial charge in [0.25, 0.3) is 0 Å². The van der Waals surface area contributed by atoms with Crippen LogP contribution in [-0.2, 0) is 5.41 Å². The molecule has 0 heterocycles. The van der Waals surface area contributed by atoms with Crippen molar-refractivity contribution >= 4 is 0 Å². The Hall–Kier alpha value is -0.900. The maximum Gasteiger partial charge on any atom is 0.0983 e. The third-order valence-electron chi connectivity index (χ3n) is 3.11. The molecule has 0 aliphatic heterocycles. The molecule has 0 bridgehead atoms. The predicted molar refractivity (Wildman–Crippen MR) is 73.6 cm³/mol. The third kappa shape index (κ3) is 3.28. The molecule has 3 heteroatoms. The predicted octanol–water partition coefficient (Wildman–Crippen LogP) is 2.32. The number of aryl methyl sites for hydroxylation is 1. The van der Waals surface area contributed by atoms with E-state index < -0.39 is 0 Å². The fraction of sp³-hybridized carbons (Fsp3) is 0.571. The molecular formula is C14H25N3. The Bertz CT molecular complexity index is 378. The molecule has 0 aliphatic rings. The number of nitrogens with zero attached hydrogens (tertiary/aromatic N) is 1. The van der Waals surface area contributed by atoms with Crippen LogP contribution in [0.4, 0.5) is 0 Å². The summed E-state index contributed by atoms with van der Waals surface area (Å²) in [5, 5.41) is 0. The van der Waals surface area contributed by atoms with E-state index in [0.29, 0.717) is 0 Å². The normalized spacial score (nSPS) is 14.1. The van der Waals surface area contributed by atoms with Crippen LogP contribution >= 0.6 is 0 Å². The first-order valence-electron chi connectivity index (χ1n) is 6.01. The maximum absolute atomic E-state index is 5.64. The van der Waals surface area contributed by atoms with Crippen molar-refractivity contribution < 1.29 is 0 Å². The standard InChI is InChI=1S/C14H25N3/c1-10-7-8-11(14(2,3)4)9-12(10)13(16-15)17(5)6/h7-9,13,16H,15H2,1-6H3. The van der Waals surface area contributed by atoms with Gasteiger partial charge in [0, 0.05) is 0 Å². The van der Waals surface area contributed by atoms with Gasteiger partial charge in [0.2, 0.25) is 0 Å². The molecular weight excluding hydrogens is 210 g/mol. The zero-order valence-corrected chi connectivity index (χ0v) is 11.8. The summed E-state index contributed by atoms with van der Waals surface area (Å²) in [4.78, 5) is 2.08. The molecule has 1 atom stereocenters. The van der Waals surface area contributed by atoms with Gasteiger partial charge in [-0.1, -0.05) is 39.0 Å². The molecule has 0 aliphatic carbocycles. The van der Waals surface area contributed by atoms with Gasteiger partial charge in [-0.2, -0.15) is 0 Å². The van der Waals surface area contributed by atoms with Crippen molar-refractivity contribution in [2.24, 2.45) is 5.84 Å². The molecule has 3 N–H and O–H groups in total. The van der Waals surface area contributed by atoms with Gasteiger partial charge in [-0.3, -0.25) is 10.7 Å². The van der Waals surface area contributed by atoms with Crippen molar-refractivity contribution in [1.29, 1.82) is 0 Å². The Morgan fingerprint density at radius 1 is 1.24 bits per heavy atom. The van der Waals surface area contributed by atoms with Crippen molar-refractivity contribution in [2.75, 3.05) is 14.1 Å². The first kappa shape index (κ1) is 14.2. The van der Waals surface area contributed by atoms with Gasteiger partial charge in [-0.25, -0.2) is 5.43 Å². The van der Waals surface area contributed by atoms with E-state index in [2.05, 4.69) is 56.2 Å². The van der Waals surface area contributed by atoms with Gasteiger partial charge in [-0.15, -0.1) is 0 Å². The maximum atomic E-state index is 5.64. The Balaban J connectivity index is 3.23. The van der Waals surface area contributed by atoms with E-state index in [-0.39, 0.29) is 11.6 Å². The number of hydrogen-bond acceptors (Lipinski definition) is 3. The van der Waals surface area contributed by atoms with E-state index in [1.807, 2.05) is 14.1 Å². The molecule has 3 nitrogen and oxygen atoms in total. The van der Waals surface area contributed by atoms with E-state index in [9.17, 15) is 0 Å². The van der Waals surface area contributed by atoms with Crippen molar-refractivity contribution in [1.82, 2.24) is 10.3 Å². The first-order valence-corrected chi connectivity index (χ1v) is 6.01. The molecule has 1 unspecified atom stereocenters. The zero-order valence-electron chi connectivity index (χ0n) is 11.8. The summed E-state index contributed by atoms with van der Waals surface area (Å²) in [6, 6.07) is 6.62. The fourth-order valence-corrected chi connectivity index (χ4v) is 1.92. The summed E-state index contributed by atoms with van der Waals surface area (Å²) in [5.41, 5.74) is 6.86. The molecule has 0 aromatic heterocycles. The number of nitrogens with one attached hydrogen (secondary N) is 1. The zero-order chi connectivity index (χ0) is 13.2. The van der Waals surface area contributed by atoms with Crippen molar-refractivity contribution in [3.63, 3.8) is 0 Å².